The molecule has 0 radical (unpaired) electrons. The van der Waals surface area contributed by atoms with Gasteiger partial charge in [-0.3, -0.25) is 0 Å². The Morgan fingerprint density at radius 3 is 3.24 bits per heavy atom. The Balaban J connectivity index is 1.57. The van der Waals surface area contributed by atoms with Crippen molar-refractivity contribution in [2.24, 2.45) is 11.8 Å². The van der Waals surface area contributed by atoms with Crippen LogP contribution in [-0.4, -0.2) is 19.6 Å². The number of hydrogen-bond donors (Lipinski definition) is 2. The molecule has 2 nitrogen and oxygen atoms in total. The van der Waals surface area contributed by atoms with Gasteiger partial charge in [0, 0.05) is 6.54 Å². The molecule has 2 heterocycles. The second-order valence-corrected chi connectivity index (χ2v) is 5.96. The van der Waals surface area contributed by atoms with E-state index in [1.807, 2.05) is 0 Å². The first kappa shape index (κ1) is 13.1. The molecule has 0 saturated carbocycles. The van der Waals surface area contributed by atoms with Crippen molar-refractivity contribution >= 4 is 11.3 Å². The third-order valence-electron chi connectivity index (χ3n) is 3.83. The van der Waals surface area contributed by atoms with Gasteiger partial charge in [-0.2, -0.15) is 11.3 Å². The quantitative estimate of drug-likeness (QED) is 0.761. The first-order chi connectivity index (χ1) is 8.36. The van der Waals surface area contributed by atoms with Crippen LogP contribution in [0.25, 0.3) is 0 Å². The van der Waals surface area contributed by atoms with Crippen molar-refractivity contribution in [3.05, 3.63) is 22.4 Å². The highest BCUT2D eigenvalue weighted by Crippen LogP contribution is 2.21. The van der Waals surface area contributed by atoms with Gasteiger partial charge in [-0.25, -0.2) is 0 Å². The predicted molar refractivity (Wildman–Crippen MR) is 75.4 cm³/mol. The lowest BCUT2D eigenvalue weighted by molar-refractivity contribution is 0.266. The van der Waals surface area contributed by atoms with E-state index in [0.717, 1.165) is 24.9 Å². The lowest BCUT2D eigenvalue weighted by Gasteiger charge is -2.28. The normalized spacial score (nSPS) is 22.5. The van der Waals surface area contributed by atoms with Crippen molar-refractivity contribution in [2.75, 3.05) is 19.6 Å². The summed E-state index contributed by atoms with van der Waals surface area (Å²) >= 11 is 1.78. The van der Waals surface area contributed by atoms with Crippen LogP contribution in [0.15, 0.2) is 16.8 Å². The molecule has 1 aromatic heterocycles. The highest BCUT2D eigenvalue weighted by Gasteiger charge is 2.18. The van der Waals surface area contributed by atoms with E-state index in [4.69, 9.17) is 0 Å². The number of nitrogens with one attached hydrogen (secondary N) is 2. The highest BCUT2D eigenvalue weighted by molar-refractivity contribution is 7.07. The molecule has 96 valence electrons. The van der Waals surface area contributed by atoms with Crippen LogP contribution in [0.2, 0.25) is 0 Å². The van der Waals surface area contributed by atoms with Gasteiger partial charge in [0.1, 0.15) is 0 Å². The van der Waals surface area contributed by atoms with E-state index >= 15 is 0 Å². The molecule has 0 aliphatic carbocycles. The zero-order valence-corrected chi connectivity index (χ0v) is 11.6. The van der Waals surface area contributed by atoms with E-state index in [1.165, 1.54) is 37.9 Å². The maximum atomic E-state index is 3.54. The molecule has 0 aromatic carbocycles. The first-order valence-corrected chi connectivity index (χ1v) is 7.73. The summed E-state index contributed by atoms with van der Waals surface area (Å²) in [4.78, 5) is 0. The largest absolute Gasteiger partial charge is 0.316 e. The summed E-state index contributed by atoms with van der Waals surface area (Å²) in [5, 5.41) is 11.4. The summed E-state index contributed by atoms with van der Waals surface area (Å²) < 4.78 is 0. The molecular formula is C14H24N2S. The topological polar surface area (TPSA) is 24.1 Å². The van der Waals surface area contributed by atoms with Crippen molar-refractivity contribution in [2.45, 2.75) is 32.7 Å². The van der Waals surface area contributed by atoms with E-state index in [1.54, 1.807) is 11.3 Å². The van der Waals surface area contributed by atoms with Crippen molar-refractivity contribution in [1.29, 1.82) is 0 Å². The zero-order valence-electron chi connectivity index (χ0n) is 10.7. The lowest BCUT2D eigenvalue weighted by atomic mass is 9.85. The zero-order chi connectivity index (χ0) is 11.9. The van der Waals surface area contributed by atoms with Crippen LogP contribution in [0.5, 0.6) is 0 Å². The molecule has 0 bridgehead atoms. The fourth-order valence-electron chi connectivity index (χ4n) is 2.56. The number of rotatable bonds is 6. The fourth-order valence-corrected chi connectivity index (χ4v) is 3.22. The van der Waals surface area contributed by atoms with Crippen LogP contribution in [0.1, 0.15) is 31.7 Å². The fraction of sp³-hybridized carbons (Fsp3) is 0.714. The Hall–Kier alpha value is -0.380. The van der Waals surface area contributed by atoms with Gasteiger partial charge >= 0.3 is 0 Å². The van der Waals surface area contributed by atoms with Gasteiger partial charge in [0.25, 0.3) is 0 Å². The van der Waals surface area contributed by atoms with Gasteiger partial charge in [0.15, 0.2) is 0 Å². The maximum Gasteiger partial charge on any atom is 0.0213 e. The van der Waals surface area contributed by atoms with Crippen molar-refractivity contribution in [3.63, 3.8) is 0 Å². The van der Waals surface area contributed by atoms with Crippen LogP contribution in [-0.2, 0) is 6.54 Å². The molecule has 1 aliphatic heterocycles. The molecule has 1 aromatic rings. The summed E-state index contributed by atoms with van der Waals surface area (Å²) in [7, 11) is 0. The SMILES string of the molecule is CC(CCNCc1ccsc1)C1CCCNC1. The first-order valence-electron chi connectivity index (χ1n) is 6.79. The van der Waals surface area contributed by atoms with Crippen LogP contribution in [0.3, 0.4) is 0 Å². The van der Waals surface area contributed by atoms with Gasteiger partial charge in [0.2, 0.25) is 0 Å². The average Bonchev–Trinajstić information content (AvgIpc) is 2.88. The summed E-state index contributed by atoms with van der Waals surface area (Å²) in [5.74, 6) is 1.74. The van der Waals surface area contributed by atoms with Gasteiger partial charge in [-0.15, -0.1) is 0 Å². The molecule has 2 N–H and O–H groups in total. The van der Waals surface area contributed by atoms with Crippen molar-refractivity contribution < 1.29 is 0 Å². The van der Waals surface area contributed by atoms with E-state index < -0.39 is 0 Å². The molecule has 1 aliphatic rings. The molecular weight excluding hydrogens is 228 g/mol. The summed E-state index contributed by atoms with van der Waals surface area (Å²) in [6, 6.07) is 2.20. The number of thiophene rings is 1. The minimum Gasteiger partial charge on any atom is -0.316 e. The molecule has 2 rings (SSSR count). The monoisotopic (exact) mass is 252 g/mol. The summed E-state index contributed by atoms with van der Waals surface area (Å²) in [6.45, 7) is 7.03. The molecule has 1 fully saturated rings. The van der Waals surface area contributed by atoms with Gasteiger partial charge in [-0.1, -0.05) is 6.92 Å². The van der Waals surface area contributed by atoms with E-state index in [0.29, 0.717) is 0 Å². The minimum atomic E-state index is 0.845. The minimum absolute atomic E-state index is 0.845. The van der Waals surface area contributed by atoms with Crippen LogP contribution in [0, 0.1) is 11.8 Å². The van der Waals surface area contributed by atoms with Gasteiger partial charge in [-0.05, 0) is 73.1 Å². The third kappa shape index (κ3) is 4.41. The van der Waals surface area contributed by atoms with E-state index in [9.17, 15) is 0 Å². The molecule has 2 atom stereocenters. The molecule has 3 heteroatoms. The second-order valence-electron chi connectivity index (χ2n) is 5.18. The molecule has 17 heavy (non-hydrogen) atoms. The number of hydrogen-bond acceptors (Lipinski definition) is 3. The Bertz CT molecular complexity index is 291. The smallest absolute Gasteiger partial charge is 0.0213 e. The van der Waals surface area contributed by atoms with E-state index in [-0.39, 0.29) is 0 Å². The molecule has 1 saturated heterocycles. The van der Waals surface area contributed by atoms with Crippen molar-refractivity contribution in [3.8, 4) is 0 Å². The Morgan fingerprint density at radius 2 is 2.53 bits per heavy atom. The standard InChI is InChI=1S/C14H24N2S/c1-12(14-3-2-6-15-10-14)4-7-16-9-13-5-8-17-11-13/h5,8,11-12,14-16H,2-4,6-7,9-10H2,1H3. The molecule has 2 unspecified atom stereocenters. The Morgan fingerprint density at radius 1 is 1.59 bits per heavy atom. The summed E-state index contributed by atoms with van der Waals surface area (Å²) in [5.41, 5.74) is 1.42. The number of piperidine rings is 1. The highest BCUT2D eigenvalue weighted by atomic mass is 32.1. The van der Waals surface area contributed by atoms with Crippen LogP contribution in [0.4, 0.5) is 0 Å². The maximum absolute atomic E-state index is 3.54. The van der Waals surface area contributed by atoms with Crippen LogP contribution < -0.4 is 10.6 Å². The summed E-state index contributed by atoms with van der Waals surface area (Å²) in [6.07, 6.45) is 4.08. The van der Waals surface area contributed by atoms with Crippen LogP contribution >= 0.6 is 11.3 Å². The Kier molecular flexibility index (Phi) is 5.49. The lowest BCUT2D eigenvalue weighted by Crippen LogP contribution is -2.34. The van der Waals surface area contributed by atoms with E-state index in [2.05, 4.69) is 34.4 Å². The van der Waals surface area contributed by atoms with Gasteiger partial charge in [0.05, 0.1) is 0 Å². The van der Waals surface area contributed by atoms with Gasteiger partial charge < -0.3 is 10.6 Å². The molecule has 0 amide bonds. The van der Waals surface area contributed by atoms with Crippen molar-refractivity contribution in [1.82, 2.24) is 10.6 Å². The average molecular weight is 252 g/mol. The predicted octanol–water partition coefficient (Wildman–Crippen LogP) is 2.86. The Labute approximate surface area is 109 Å². The third-order valence-corrected chi connectivity index (χ3v) is 4.56. The molecule has 0 spiro atoms. The second kappa shape index (κ2) is 7.14.